The normalized spacial score (nSPS) is 17.7. The first-order valence-corrected chi connectivity index (χ1v) is 13.8. The molecule has 5 heteroatoms. The fourth-order valence-electron chi connectivity index (χ4n) is 5.45. The van der Waals surface area contributed by atoms with Crippen molar-refractivity contribution in [1.29, 1.82) is 0 Å². The zero-order valence-corrected chi connectivity index (χ0v) is 22.2. The van der Waals surface area contributed by atoms with Gasteiger partial charge in [0, 0.05) is 11.1 Å². The zero-order valence-electron chi connectivity index (χ0n) is 22.2. The van der Waals surface area contributed by atoms with Crippen molar-refractivity contribution < 1.29 is 22.3 Å². The standard InChI is InChI=1S/C33H36F4O/c1-3-5-6-7-22-8-13-24(14-9-22)27-19-20-28(32(36)31(27)35)25-15-10-23(11-16-25)12-17-26-18-21-29(38-4-2)33(37)30(26)34/h10-12,15-22,24H,3-9,13-14H2,1-2H3/b17-12+. The Morgan fingerprint density at radius 3 is 2.16 bits per heavy atom. The first-order valence-electron chi connectivity index (χ1n) is 13.8. The van der Waals surface area contributed by atoms with Gasteiger partial charge >= 0.3 is 0 Å². The average molecular weight is 525 g/mol. The van der Waals surface area contributed by atoms with Gasteiger partial charge in [-0.25, -0.2) is 13.2 Å². The van der Waals surface area contributed by atoms with Crippen LogP contribution in [0, 0.1) is 29.2 Å². The number of rotatable bonds is 10. The lowest BCUT2D eigenvalue weighted by atomic mass is 9.76. The predicted octanol–water partition coefficient (Wildman–Crippen LogP) is 10.3. The molecule has 4 rings (SSSR count). The van der Waals surface area contributed by atoms with E-state index in [1.54, 1.807) is 49.4 Å². The summed E-state index contributed by atoms with van der Waals surface area (Å²) in [5.41, 5.74) is 2.07. The molecular formula is C33H36F4O. The van der Waals surface area contributed by atoms with Crippen molar-refractivity contribution in [2.75, 3.05) is 6.61 Å². The number of ether oxygens (including phenoxy) is 1. The number of halogens is 4. The summed E-state index contributed by atoms with van der Waals surface area (Å²) in [7, 11) is 0. The van der Waals surface area contributed by atoms with E-state index in [4.69, 9.17) is 4.74 Å². The molecule has 1 fully saturated rings. The van der Waals surface area contributed by atoms with Crippen LogP contribution in [0.5, 0.6) is 5.75 Å². The van der Waals surface area contributed by atoms with E-state index in [1.807, 2.05) is 0 Å². The Morgan fingerprint density at radius 2 is 1.47 bits per heavy atom. The van der Waals surface area contributed by atoms with Gasteiger partial charge < -0.3 is 4.74 Å². The molecule has 0 radical (unpaired) electrons. The maximum Gasteiger partial charge on any atom is 0.201 e. The topological polar surface area (TPSA) is 9.23 Å². The van der Waals surface area contributed by atoms with Gasteiger partial charge in [0.05, 0.1) is 6.61 Å². The van der Waals surface area contributed by atoms with Gasteiger partial charge in [0.15, 0.2) is 23.2 Å². The number of hydrogen-bond donors (Lipinski definition) is 0. The Balaban J connectivity index is 1.43. The summed E-state index contributed by atoms with van der Waals surface area (Å²) in [4.78, 5) is 0. The molecular weight excluding hydrogens is 488 g/mol. The van der Waals surface area contributed by atoms with Gasteiger partial charge in [-0.15, -0.1) is 0 Å². The van der Waals surface area contributed by atoms with E-state index in [9.17, 15) is 8.78 Å². The third-order valence-corrected chi connectivity index (χ3v) is 7.67. The second-order valence-electron chi connectivity index (χ2n) is 10.2. The maximum atomic E-state index is 15.2. The van der Waals surface area contributed by atoms with Crippen LogP contribution in [0.25, 0.3) is 23.3 Å². The summed E-state index contributed by atoms with van der Waals surface area (Å²) in [6.07, 6.45) is 12.1. The van der Waals surface area contributed by atoms with Crippen LogP contribution >= 0.6 is 0 Å². The molecule has 1 aliphatic carbocycles. The van der Waals surface area contributed by atoms with E-state index in [2.05, 4.69) is 6.92 Å². The lowest BCUT2D eigenvalue weighted by Crippen LogP contribution is -2.15. The minimum absolute atomic E-state index is 0.0707. The molecule has 38 heavy (non-hydrogen) atoms. The van der Waals surface area contributed by atoms with Gasteiger partial charge in [0.1, 0.15) is 0 Å². The highest BCUT2D eigenvalue weighted by Gasteiger charge is 2.26. The van der Waals surface area contributed by atoms with E-state index in [-0.39, 0.29) is 29.4 Å². The SMILES string of the molecule is CCCCCC1CCC(c2ccc(-c3ccc(/C=C/c4ccc(OCC)c(F)c4F)cc3)c(F)c2F)CC1. The summed E-state index contributed by atoms with van der Waals surface area (Å²) in [5.74, 6) is -2.90. The molecule has 0 atom stereocenters. The van der Waals surface area contributed by atoms with E-state index in [1.165, 1.54) is 43.9 Å². The third kappa shape index (κ3) is 6.48. The van der Waals surface area contributed by atoms with E-state index in [0.29, 0.717) is 17.0 Å². The highest BCUT2D eigenvalue weighted by molar-refractivity contribution is 5.73. The number of unbranched alkanes of at least 4 members (excludes halogenated alkanes) is 2. The molecule has 1 nitrogen and oxygen atoms in total. The Kier molecular flexibility index (Phi) is 9.65. The van der Waals surface area contributed by atoms with Crippen molar-refractivity contribution in [3.05, 3.63) is 88.5 Å². The average Bonchev–Trinajstić information content (AvgIpc) is 2.93. The molecule has 3 aromatic carbocycles. The predicted molar refractivity (Wildman–Crippen MR) is 147 cm³/mol. The fourth-order valence-corrected chi connectivity index (χ4v) is 5.45. The van der Waals surface area contributed by atoms with E-state index in [0.717, 1.165) is 31.2 Å². The van der Waals surface area contributed by atoms with Gasteiger partial charge in [-0.05, 0) is 73.3 Å². The van der Waals surface area contributed by atoms with Crippen LogP contribution in [-0.4, -0.2) is 6.61 Å². The summed E-state index contributed by atoms with van der Waals surface area (Å²) in [6, 6.07) is 13.1. The molecule has 0 amide bonds. The Hall–Kier alpha value is -3.08. The van der Waals surface area contributed by atoms with Gasteiger partial charge in [-0.1, -0.05) is 81.2 Å². The second-order valence-corrected chi connectivity index (χ2v) is 10.2. The van der Waals surface area contributed by atoms with E-state index < -0.39 is 23.3 Å². The minimum Gasteiger partial charge on any atom is -0.491 e. The zero-order chi connectivity index (χ0) is 27.1. The Morgan fingerprint density at radius 1 is 0.737 bits per heavy atom. The monoisotopic (exact) mass is 524 g/mol. The Labute approximate surface area is 223 Å². The molecule has 0 heterocycles. The van der Waals surface area contributed by atoms with Gasteiger partial charge in [0.2, 0.25) is 5.82 Å². The molecule has 202 valence electrons. The van der Waals surface area contributed by atoms with Crippen molar-refractivity contribution in [1.82, 2.24) is 0 Å². The van der Waals surface area contributed by atoms with Crippen LogP contribution < -0.4 is 4.74 Å². The lowest BCUT2D eigenvalue weighted by molar-refractivity contribution is 0.298. The van der Waals surface area contributed by atoms with Crippen LogP contribution in [0.2, 0.25) is 0 Å². The highest BCUT2D eigenvalue weighted by Crippen LogP contribution is 2.40. The van der Waals surface area contributed by atoms with Crippen molar-refractivity contribution in [2.24, 2.45) is 5.92 Å². The van der Waals surface area contributed by atoms with Gasteiger partial charge in [0.25, 0.3) is 0 Å². The van der Waals surface area contributed by atoms with Gasteiger partial charge in [-0.3, -0.25) is 0 Å². The molecule has 0 N–H and O–H groups in total. The molecule has 1 saturated carbocycles. The van der Waals surface area contributed by atoms with Crippen LogP contribution in [0.4, 0.5) is 17.6 Å². The molecule has 1 aliphatic rings. The molecule has 0 aliphatic heterocycles. The van der Waals surface area contributed by atoms with Crippen LogP contribution in [0.3, 0.4) is 0 Å². The van der Waals surface area contributed by atoms with Crippen molar-refractivity contribution in [2.45, 2.75) is 71.1 Å². The van der Waals surface area contributed by atoms with E-state index >= 15 is 8.78 Å². The first-order chi connectivity index (χ1) is 18.4. The number of hydrogen-bond acceptors (Lipinski definition) is 1. The third-order valence-electron chi connectivity index (χ3n) is 7.67. The molecule has 0 bridgehead atoms. The summed E-state index contributed by atoms with van der Waals surface area (Å²) in [5, 5.41) is 0. The van der Waals surface area contributed by atoms with Crippen LogP contribution in [0.1, 0.15) is 87.8 Å². The van der Waals surface area contributed by atoms with Crippen molar-refractivity contribution in [3.8, 4) is 16.9 Å². The molecule has 3 aromatic rings. The maximum absolute atomic E-state index is 15.2. The first kappa shape index (κ1) is 27.9. The summed E-state index contributed by atoms with van der Waals surface area (Å²) in [6.45, 7) is 4.15. The quantitative estimate of drug-likeness (QED) is 0.146. The van der Waals surface area contributed by atoms with Gasteiger partial charge in [-0.2, -0.15) is 4.39 Å². The largest absolute Gasteiger partial charge is 0.491 e. The van der Waals surface area contributed by atoms with Crippen LogP contribution in [0.15, 0.2) is 48.5 Å². The van der Waals surface area contributed by atoms with Crippen molar-refractivity contribution in [3.63, 3.8) is 0 Å². The lowest BCUT2D eigenvalue weighted by Gasteiger charge is -2.29. The molecule has 0 unspecified atom stereocenters. The smallest absolute Gasteiger partial charge is 0.201 e. The van der Waals surface area contributed by atoms with Crippen molar-refractivity contribution >= 4 is 12.2 Å². The summed E-state index contributed by atoms with van der Waals surface area (Å²) < 4.78 is 63.8. The fraction of sp³-hybridized carbons (Fsp3) is 0.394. The minimum atomic E-state index is -1.02. The summed E-state index contributed by atoms with van der Waals surface area (Å²) >= 11 is 0. The Bertz CT molecular complexity index is 1240. The molecule has 0 spiro atoms. The highest BCUT2D eigenvalue weighted by atomic mass is 19.2. The molecule has 0 saturated heterocycles. The van der Waals surface area contributed by atoms with Crippen LogP contribution in [-0.2, 0) is 0 Å². The number of benzene rings is 3. The second kappa shape index (κ2) is 13.1. The molecule has 0 aromatic heterocycles.